The van der Waals surface area contributed by atoms with Gasteiger partial charge in [-0.2, -0.15) is 0 Å². The Kier molecular flexibility index (Phi) is 3.41. The molecule has 2 atom stereocenters. The summed E-state index contributed by atoms with van der Waals surface area (Å²) in [5.41, 5.74) is 6.60. The molecule has 0 saturated heterocycles. The van der Waals surface area contributed by atoms with E-state index in [1.54, 1.807) is 32.9 Å². The summed E-state index contributed by atoms with van der Waals surface area (Å²) in [6.45, 7) is 5.35. The van der Waals surface area contributed by atoms with Crippen LogP contribution in [0.4, 0.5) is 10.5 Å². The molecule has 1 saturated carbocycles. The highest BCUT2D eigenvalue weighted by Crippen LogP contribution is 2.41. The van der Waals surface area contributed by atoms with Crippen LogP contribution >= 0.6 is 0 Å². The van der Waals surface area contributed by atoms with E-state index < -0.39 is 11.7 Å². The fourth-order valence-electron chi connectivity index (χ4n) is 1.90. The summed E-state index contributed by atoms with van der Waals surface area (Å²) in [4.78, 5) is 11.7. The van der Waals surface area contributed by atoms with Crippen LogP contribution in [-0.4, -0.2) is 22.8 Å². The van der Waals surface area contributed by atoms with Crippen LogP contribution < -0.4 is 11.1 Å². The number of amides is 1. The Bertz CT molecular complexity index is 494. The number of aromatic hydroxyl groups is 1. The molecule has 1 aliphatic rings. The van der Waals surface area contributed by atoms with E-state index in [2.05, 4.69) is 5.32 Å². The molecule has 1 fully saturated rings. The third-order valence-corrected chi connectivity index (χ3v) is 2.92. The maximum atomic E-state index is 11.7. The predicted molar refractivity (Wildman–Crippen MR) is 73.3 cm³/mol. The number of carbonyl (C=O) groups is 1. The fraction of sp³-hybridized carbons (Fsp3) is 0.500. The average molecular weight is 264 g/mol. The van der Waals surface area contributed by atoms with Crippen LogP contribution in [0.1, 0.15) is 38.7 Å². The molecule has 0 heterocycles. The van der Waals surface area contributed by atoms with Crippen molar-refractivity contribution in [2.45, 2.75) is 44.8 Å². The second-order valence-electron chi connectivity index (χ2n) is 5.91. The predicted octanol–water partition coefficient (Wildman–Crippen LogP) is 2.55. The zero-order chi connectivity index (χ0) is 14.2. The second-order valence-corrected chi connectivity index (χ2v) is 5.91. The number of hydrogen-bond donors (Lipinski definition) is 3. The molecule has 1 aromatic carbocycles. The van der Waals surface area contributed by atoms with Crippen molar-refractivity contribution in [2.75, 3.05) is 5.32 Å². The van der Waals surface area contributed by atoms with Gasteiger partial charge in [0.15, 0.2) is 0 Å². The molecule has 1 amide bonds. The van der Waals surface area contributed by atoms with Gasteiger partial charge in [0.1, 0.15) is 11.4 Å². The van der Waals surface area contributed by atoms with Gasteiger partial charge in [0.2, 0.25) is 0 Å². The fourth-order valence-corrected chi connectivity index (χ4v) is 1.90. The molecule has 0 bridgehead atoms. The lowest BCUT2D eigenvalue weighted by molar-refractivity contribution is 0.0635. The van der Waals surface area contributed by atoms with E-state index in [9.17, 15) is 9.90 Å². The van der Waals surface area contributed by atoms with Gasteiger partial charge in [-0.1, -0.05) is 6.07 Å². The highest BCUT2D eigenvalue weighted by Gasteiger charge is 2.35. The molecule has 4 N–H and O–H groups in total. The number of phenolic OH excluding ortho intramolecular Hbond substituents is 1. The molecule has 104 valence electrons. The minimum atomic E-state index is -0.583. The van der Waals surface area contributed by atoms with E-state index in [0.717, 1.165) is 12.0 Å². The molecule has 19 heavy (non-hydrogen) atoms. The van der Waals surface area contributed by atoms with Crippen LogP contribution in [0.5, 0.6) is 5.75 Å². The third-order valence-electron chi connectivity index (χ3n) is 2.92. The number of anilines is 1. The SMILES string of the molecule is CC(C)(C)OC(=O)Nc1cc(C2CC2N)ccc1O. The lowest BCUT2D eigenvalue weighted by Gasteiger charge is -2.20. The van der Waals surface area contributed by atoms with Gasteiger partial charge < -0.3 is 15.6 Å². The summed E-state index contributed by atoms with van der Waals surface area (Å²) in [7, 11) is 0. The first-order chi connectivity index (χ1) is 8.76. The lowest BCUT2D eigenvalue weighted by atomic mass is 10.1. The average Bonchev–Trinajstić information content (AvgIpc) is 2.96. The lowest BCUT2D eigenvalue weighted by Crippen LogP contribution is -2.27. The summed E-state index contributed by atoms with van der Waals surface area (Å²) >= 11 is 0. The molecule has 1 aromatic rings. The van der Waals surface area contributed by atoms with Gasteiger partial charge in [0.05, 0.1) is 5.69 Å². The van der Waals surface area contributed by atoms with Gasteiger partial charge in [-0.15, -0.1) is 0 Å². The van der Waals surface area contributed by atoms with Crippen LogP contribution in [-0.2, 0) is 4.74 Å². The normalized spacial score (nSPS) is 21.9. The number of ether oxygens (including phenoxy) is 1. The summed E-state index contributed by atoms with van der Waals surface area (Å²) in [6, 6.07) is 5.32. The molecular formula is C14H20N2O3. The third kappa shape index (κ3) is 3.61. The van der Waals surface area contributed by atoms with Crippen molar-refractivity contribution >= 4 is 11.8 Å². The number of nitrogens with two attached hydrogens (primary N) is 1. The van der Waals surface area contributed by atoms with E-state index in [-0.39, 0.29) is 11.8 Å². The Morgan fingerprint density at radius 1 is 1.47 bits per heavy atom. The molecule has 2 unspecified atom stereocenters. The van der Waals surface area contributed by atoms with Crippen molar-refractivity contribution in [1.82, 2.24) is 0 Å². The Labute approximate surface area is 112 Å². The van der Waals surface area contributed by atoms with Gasteiger partial charge in [0.25, 0.3) is 0 Å². The van der Waals surface area contributed by atoms with Crippen molar-refractivity contribution < 1.29 is 14.6 Å². The highest BCUT2D eigenvalue weighted by molar-refractivity contribution is 5.87. The summed E-state index contributed by atoms with van der Waals surface area (Å²) in [6.07, 6.45) is 0.358. The first-order valence-corrected chi connectivity index (χ1v) is 6.35. The minimum Gasteiger partial charge on any atom is -0.506 e. The first kappa shape index (κ1) is 13.7. The van der Waals surface area contributed by atoms with E-state index >= 15 is 0 Å². The standard InChI is InChI=1S/C14H20N2O3/c1-14(2,3)19-13(18)16-11-6-8(4-5-12(11)17)9-7-10(9)15/h4-6,9-10,17H,7,15H2,1-3H3,(H,16,18). The Balaban J connectivity index is 2.09. The van der Waals surface area contributed by atoms with E-state index in [1.807, 2.05) is 6.07 Å². The van der Waals surface area contributed by atoms with Crippen LogP contribution in [0.15, 0.2) is 18.2 Å². The molecule has 0 aromatic heterocycles. The Morgan fingerprint density at radius 3 is 2.63 bits per heavy atom. The van der Waals surface area contributed by atoms with Crippen molar-refractivity contribution in [1.29, 1.82) is 0 Å². The monoisotopic (exact) mass is 264 g/mol. The van der Waals surface area contributed by atoms with Crippen molar-refractivity contribution in [3.8, 4) is 5.75 Å². The Hall–Kier alpha value is -1.75. The maximum absolute atomic E-state index is 11.7. The summed E-state index contributed by atoms with van der Waals surface area (Å²) in [5.74, 6) is 0.337. The highest BCUT2D eigenvalue weighted by atomic mass is 16.6. The van der Waals surface area contributed by atoms with Gasteiger partial charge in [-0.25, -0.2) is 4.79 Å². The van der Waals surface area contributed by atoms with E-state index in [0.29, 0.717) is 11.6 Å². The number of carbonyl (C=O) groups excluding carboxylic acids is 1. The molecule has 2 rings (SSSR count). The van der Waals surface area contributed by atoms with Crippen LogP contribution in [0, 0.1) is 0 Å². The van der Waals surface area contributed by atoms with Gasteiger partial charge in [-0.3, -0.25) is 5.32 Å². The maximum Gasteiger partial charge on any atom is 0.412 e. The van der Waals surface area contributed by atoms with E-state index in [4.69, 9.17) is 10.5 Å². The number of phenols is 1. The minimum absolute atomic E-state index is 0.0174. The van der Waals surface area contributed by atoms with Crippen molar-refractivity contribution in [3.05, 3.63) is 23.8 Å². The summed E-state index contributed by atoms with van der Waals surface area (Å²) < 4.78 is 5.15. The van der Waals surface area contributed by atoms with Gasteiger partial charge >= 0.3 is 6.09 Å². The molecule has 0 aliphatic heterocycles. The molecule has 1 aliphatic carbocycles. The topological polar surface area (TPSA) is 84.6 Å². The zero-order valence-electron chi connectivity index (χ0n) is 11.4. The van der Waals surface area contributed by atoms with Crippen LogP contribution in [0.3, 0.4) is 0 Å². The quantitative estimate of drug-likeness (QED) is 0.717. The number of nitrogens with one attached hydrogen (secondary N) is 1. The van der Waals surface area contributed by atoms with Crippen molar-refractivity contribution in [3.63, 3.8) is 0 Å². The largest absolute Gasteiger partial charge is 0.506 e. The van der Waals surface area contributed by atoms with Gasteiger partial charge in [0, 0.05) is 12.0 Å². The number of hydrogen-bond acceptors (Lipinski definition) is 4. The number of rotatable bonds is 2. The second kappa shape index (κ2) is 4.74. The summed E-state index contributed by atoms with van der Waals surface area (Å²) in [5, 5.41) is 12.3. The molecule has 0 spiro atoms. The smallest absolute Gasteiger partial charge is 0.412 e. The zero-order valence-corrected chi connectivity index (χ0v) is 11.4. The van der Waals surface area contributed by atoms with E-state index in [1.165, 1.54) is 0 Å². The van der Waals surface area contributed by atoms with Crippen molar-refractivity contribution in [2.24, 2.45) is 5.73 Å². The molecule has 5 nitrogen and oxygen atoms in total. The molecule has 5 heteroatoms. The Morgan fingerprint density at radius 2 is 2.11 bits per heavy atom. The molecular weight excluding hydrogens is 244 g/mol. The molecule has 0 radical (unpaired) electrons. The first-order valence-electron chi connectivity index (χ1n) is 6.35. The number of benzene rings is 1. The van der Waals surface area contributed by atoms with Crippen LogP contribution in [0.25, 0.3) is 0 Å². The van der Waals surface area contributed by atoms with Crippen LogP contribution in [0.2, 0.25) is 0 Å². The van der Waals surface area contributed by atoms with Gasteiger partial charge in [-0.05, 0) is 44.9 Å².